The van der Waals surface area contributed by atoms with Crippen molar-refractivity contribution in [2.24, 2.45) is 0 Å². The first kappa shape index (κ1) is 29.1. The Balaban J connectivity index is 1.66. The second-order valence-electron chi connectivity index (χ2n) is 8.80. The summed E-state index contributed by atoms with van der Waals surface area (Å²) in [4.78, 5) is 37.9. The zero-order valence-corrected chi connectivity index (χ0v) is 23.3. The molecule has 2 aromatic carbocycles. The van der Waals surface area contributed by atoms with Crippen molar-refractivity contribution in [3.05, 3.63) is 66.2 Å². The van der Waals surface area contributed by atoms with Crippen LogP contribution in [0.5, 0.6) is 0 Å². The third-order valence-electron chi connectivity index (χ3n) is 5.91. The number of fused-ring (bicyclic) bond motifs is 1. The Bertz CT molecular complexity index is 1120. The van der Waals surface area contributed by atoms with Crippen molar-refractivity contribution < 1.29 is 33.3 Å². The van der Waals surface area contributed by atoms with E-state index in [2.05, 4.69) is 5.32 Å². The summed E-state index contributed by atoms with van der Waals surface area (Å²) in [6.45, 7) is 1.53. The quantitative estimate of drug-likeness (QED) is 0.341. The number of carbonyl (C=O) groups excluding carboxylic acids is 3. The Labute approximate surface area is 239 Å². The van der Waals surface area contributed by atoms with E-state index in [4.69, 9.17) is 53.8 Å². The van der Waals surface area contributed by atoms with Crippen LogP contribution in [0.15, 0.2) is 65.6 Å². The predicted octanol–water partition coefficient (Wildman–Crippen LogP) is 4.75. The Morgan fingerprint density at radius 2 is 1.66 bits per heavy atom. The first-order chi connectivity index (χ1) is 18.1. The summed E-state index contributed by atoms with van der Waals surface area (Å²) in [5, 5.41) is 2.69. The molecule has 6 atom stereocenters. The van der Waals surface area contributed by atoms with E-state index in [0.717, 1.165) is 10.5 Å². The third-order valence-corrected chi connectivity index (χ3v) is 7.61. The average molecular weight is 603 g/mol. The van der Waals surface area contributed by atoms with Gasteiger partial charge in [0.1, 0.15) is 29.5 Å². The maximum Gasteiger partial charge on any atom is 0.306 e. The molecule has 1 amide bonds. The number of esters is 1. The third kappa shape index (κ3) is 7.63. The van der Waals surface area contributed by atoms with E-state index in [1.54, 1.807) is 0 Å². The molecule has 2 aromatic rings. The first-order valence-electron chi connectivity index (χ1n) is 11.9. The van der Waals surface area contributed by atoms with Crippen LogP contribution in [0.25, 0.3) is 0 Å². The van der Waals surface area contributed by atoms with Crippen molar-refractivity contribution in [3.63, 3.8) is 0 Å². The lowest BCUT2D eigenvalue weighted by atomic mass is 9.96. The van der Waals surface area contributed by atoms with Crippen LogP contribution >= 0.6 is 46.6 Å². The highest BCUT2D eigenvalue weighted by atomic mass is 35.6. The van der Waals surface area contributed by atoms with Gasteiger partial charge in [-0.15, -0.1) is 0 Å². The van der Waals surface area contributed by atoms with Crippen molar-refractivity contribution in [3.8, 4) is 0 Å². The summed E-state index contributed by atoms with van der Waals surface area (Å²) in [6.07, 6.45) is -3.39. The Morgan fingerprint density at radius 3 is 2.29 bits per heavy atom. The summed E-state index contributed by atoms with van der Waals surface area (Å²) in [5.74, 6) is -1.70. The molecule has 2 aliphatic heterocycles. The minimum atomic E-state index is -2.27. The molecule has 0 spiro atoms. The molecule has 2 heterocycles. The summed E-state index contributed by atoms with van der Waals surface area (Å²) in [5.41, 5.74) is -0.00343. The van der Waals surface area contributed by atoms with Gasteiger partial charge in [0.2, 0.25) is 0 Å². The smallest absolute Gasteiger partial charge is 0.306 e. The average Bonchev–Trinajstić information content (AvgIpc) is 2.89. The number of nitrogens with one attached hydrogen (secondary N) is 1. The van der Waals surface area contributed by atoms with Gasteiger partial charge in [-0.2, -0.15) is 0 Å². The van der Waals surface area contributed by atoms with Crippen LogP contribution in [0.4, 0.5) is 0 Å². The lowest BCUT2D eigenvalue weighted by molar-refractivity contribution is -0.308. The monoisotopic (exact) mass is 601 g/mol. The van der Waals surface area contributed by atoms with Gasteiger partial charge < -0.3 is 29.1 Å². The maximum atomic E-state index is 12.8. The van der Waals surface area contributed by atoms with Crippen LogP contribution in [0.3, 0.4) is 0 Å². The van der Waals surface area contributed by atoms with Crippen LogP contribution in [-0.4, -0.2) is 57.8 Å². The van der Waals surface area contributed by atoms with E-state index in [1.807, 2.05) is 60.7 Å². The van der Waals surface area contributed by atoms with Crippen molar-refractivity contribution in [2.45, 2.75) is 64.5 Å². The van der Waals surface area contributed by atoms with Crippen LogP contribution in [-0.2, 0) is 33.3 Å². The molecular formula is C26H26Cl3NO7S. The van der Waals surface area contributed by atoms with Crippen LogP contribution in [0.1, 0.15) is 31.6 Å². The van der Waals surface area contributed by atoms with Gasteiger partial charge in [0.25, 0.3) is 9.70 Å². The normalized spacial score (nSPS) is 27.2. The van der Waals surface area contributed by atoms with E-state index >= 15 is 0 Å². The molecule has 0 saturated carbocycles. The number of Topliss-reactive ketones (excluding diaryl/α,β-unsaturated/α-hetero) is 1. The number of alkyl halides is 3. The molecule has 1 N–H and O–H groups in total. The number of amides is 1. The van der Waals surface area contributed by atoms with Crippen LogP contribution in [0, 0.1) is 0 Å². The number of hydrogen-bond donors (Lipinski definition) is 1. The van der Waals surface area contributed by atoms with E-state index in [-0.39, 0.29) is 25.2 Å². The minimum absolute atomic E-state index is 0.0140. The number of halogens is 3. The van der Waals surface area contributed by atoms with Gasteiger partial charge in [-0.05, 0) is 19.1 Å². The fourth-order valence-corrected chi connectivity index (χ4v) is 5.41. The zero-order chi connectivity index (χ0) is 27.3. The number of benzene rings is 2. The van der Waals surface area contributed by atoms with Gasteiger partial charge in [-0.25, -0.2) is 0 Å². The molecule has 0 aliphatic carbocycles. The molecule has 2 aliphatic rings. The molecular weight excluding hydrogens is 577 g/mol. The van der Waals surface area contributed by atoms with E-state index in [1.165, 1.54) is 18.7 Å². The van der Waals surface area contributed by atoms with Crippen molar-refractivity contribution in [2.75, 3.05) is 6.61 Å². The molecule has 0 radical (unpaired) electrons. The highest BCUT2D eigenvalue weighted by molar-refractivity contribution is 7.99. The van der Waals surface area contributed by atoms with Gasteiger partial charge in [0.05, 0.1) is 13.0 Å². The topological polar surface area (TPSA) is 100 Å². The molecule has 38 heavy (non-hydrogen) atoms. The Morgan fingerprint density at radius 1 is 1.00 bits per heavy atom. The molecule has 1 unspecified atom stereocenters. The van der Waals surface area contributed by atoms with Gasteiger partial charge in [0, 0.05) is 16.9 Å². The molecule has 0 bridgehead atoms. The van der Waals surface area contributed by atoms with E-state index in [0.29, 0.717) is 0 Å². The number of ketones is 1. The highest BCUT2D eigenvalue weighted by Gasteiger charge is 2.53. The van der Waals surface area contributed by atoms with Crippen molar-refractivity contribution >= 4 is 64.2 Å². The van der Waals surface area contributed by atoms with Gasteiger partial charge in [-0.1, -0.05) is 95.1 Å². The summed E-state index contributed by atoms with van der Waals surface area (Å²) in [7, 11) is 0. The fraction of sp³-hybridized carbons (Fsp3) is 0.423. The molecule has 12 heteroatoms. The number of thioether (sulfide) groups is 1. The number of ether oxygens (including phenoxy) is 4. The lowest BCUT2D eigenvalue weighted by Gasteiger charge is -2.49. The minimum Gasteiger partial charge on any atom is -0.457 e. The largest absolute Gasteiger partial charge is 0.457 e. The fourth-order valence-electron chi connectivity index (χ4n) is 4.10. The second kappa shape index (κ2) is 13.0. The van der Waals surface area contributed by atoms with Gasteiger partial charge >= 0.3 is 5.97 Å². The van der Waals surface area contributed by atoms with E-state index in [9.17, 15) is 14.4 Å². The molecule has 2 fully saturated rings. The molecule has 2 saturated heterocycles. The number of carbonyl (C=O) groups is 3. The first-order valence-corrected chi connectivity index (χ1v) is 13.9. The second-order valence-corrected chi connectivity index (χ2v) is 12.3. The highest BCUT2D eigenvalue weighted by Crippen LogP contribution is 2.40. The summed E-state index contributed by atoms with van der Waals surface area (Å²) < 4.78 is 22.1. The number of rotatable bonds is 8. The lowest BCUT2D eigenvalue weighted by Crippen LogP contribution is -2.67. The predicted molar refractivity (Wildman–Crippen MR) is 143 cm³/mol. The summed E-state index contributed by atoms with van der Waals surface area (Å²) in [6, 6.07) is 17.6. The SMILES string of the molecule is CC(=O)CCC(=O)O[C@@H]1[C@@H](NC(=O)C(Cl)(Cl)Cl)[C@H](Sc2ccccc2)O[C@@H]2COC(c3ccccc3)O[C@@H]12. The van der Waals surface area contributed by atoms with Crippen LogP contribution in [0.2, 0.25) is 0 Å². The standard InChI is InChI=1S/C26H26Cl3NO7S/c1-15(31)12-13-19(32)36-22-20(30-25(33)26(27,28)29)24(38-17-10-6-3-7-11-17)35-18-14-34-23(37-21(18)22)16-8-4-2-5-9-16/h2-11,18,20-24H,12-14H2,1H3,(H,30,33)/t18-,20-,21-,22-,23?,24+/m1/s1. The Hall–Kier alpha value is -1.85. The molecule has 4 rings (SSSR count). The van der Waals surface area contributed by atoms with Gasteiger partial charge in [0.15, 0.2) is 12.4 Å². The zero-order valence-electron chi connectivity index (χ0n) is 20.3. The Kier molecular flexibility index (Phi) is 9.97. The van der Waals surface area contributed by atoms with E-state index < -0.39 is 51.7 Å². The summed E-state index contributed by atoms with van der Waals surface area (Å²) >= 11 is 18.9. The maximum absolute atomic E-state index is 12.8. The van der Waals surface area contributed by atoms with Crippen molar-refractivity contribution in [1.29, 1.82) is 0 Å². The van der Waals surface area contributed by atoms with Gasteiger partial charge in [-0.3, -0.25) is 9.59 Å². The molecule has 8 nitrogen and oxygen atoms in total. The molecule has 0 aromatic heterocycles. The van der Waals surface area contributed by atoms with Crippen molar-refractivity contribution in [1.82, 2.24) is 5.32 Å². The number of hydrogen-bond acceptors (Lipinski definition) is 8. The van der Waals surface area contributed by atoms with Crippen LogP contribution < -0.4 is 5.32 Å². The molecule has 204 valence electrons.